The monoisotopic (exact) mass is 285 g/mol. The van der Waals surface area contributed by atoms with Gasteiger partial charge < -0.3 is 11.1 Å². The third-order valence-corrected chi connectivity index (χ3v) is 4.54. The predicted molar refractivity (Wildman–Crippen MR) is 83.1 cm³/mol. The van der Waals surface area contributed by atoms with Gasteiger partial charge in [-0.25, -0.2) is 0 Å². The predicted octanol–water partition coefficient (Wildman–Crippen LogP) is 1.68. The van der Waals surface area contributed by atoms with Crippen LogP contribution in [0.1, 0.15) is 47.0 Å². The third-order valence-electron chi connectivity index (χ3n) is 4.20. The molecule has 3 N–H and O–H groups in total. The van der Waals surface area contributed by atoms with E-state index in [1.54, 1.807) is 0 Å². The molecule has 19 heavy (non-hydrogen) atoms. The number of nitrogens with two attached hydrogens (primary N) is 1. The van der Waals surface area contributed by atoms with Crippen LogP contribution < -0.4 is 11.1 Å². The Balaban J connectivity index is 2.49. The number of amides is 1. The highest BCUT2D eigenvalue weighted by Crippen LogP contribution is 2.19. The fourth-order valence-electron chi connectivity index (χ4n) is 2.26. The average molecular weight is 285 g/mol. The van der Waals surface area contributed by atoms with Gasteiger partial charge >= 0.3 is 0 Å². The standard InChI is InChI=1S/C14H27N3OS/c1-5-14(3,4)16-13(18)10(2)17-8-6-11(7-9-17)12(15)19/h10-11H,5-9H2,1-4H3,(H2,15,19)(H,16,18). The lowest BCUT2D eigenvalue weighted by molar-refractivity contribution is -0.128. The molecule has 0 aromatic rings. The van der Waals surface area contributed by atoms with E-state index in [1.807, 2.05) is 6.92 Å². The van der Waals surface area contributed by atoms with Crippen LogP contribution in [0.2, 0.25) is 0 Å². The van der Waals surface area contributed by atoms with Crippen molar-refractivity contribution in [1.29, 1.82) is 0 Å². The SMILES string of the molecule is CCC(C)(C)NC(=O)C(C)N1CCC(C(N)=S)CC1. The van der Waals surface area contributed by atoms with Crippen molar-refractivity contribution in [2.45, 2.75) is 58.5 Å². The van der Waals surface area contributed by atoms with Crippen molar-refractivity contribution in [3.8, 4) is 0 Å². The Labute approximate surface area is 122 Å². The molecule has 110 valence electrons. The molecule has 1 amide bonds. The molecular formula is C14H27N3OS. The van der Waals surface area contributed by atoms with Crippen molar-refractivity contribution in [3.63, 3.8) is 0 Å². The number of carbonyl (C=O) groups excluding carboxylic acids is 1. The Morgan fingerprint density at radius 1 is 1.47 bits per heavy atom. The molecule has 1 aliphatic heterocycles. The Morgan fingerprint density at radius 3 is 2.42 bits per heavy atom. The van der Waals surface area contributed by atoms with Gasteiger partial charge in [-0.2, -0.15) is 0 Å². The van der Waals surface area contributed by atoms with Crippen molar-refractivity contribution >= 4 is 23.1 Å². The maximum atomic E-state index is 12.2. The number of hydrogen-bond donors (Lipinski definition) is 2. The summed E-state index contributed by atoms with van der Waals surface area (Å²) < 4.78 is 0. The first-order chi connectivity index (χ1) is 8.76. The van der Waals surface area contributed by atoms with Crippen molar-refractivity contribution < 1.29 is 4.79 Å². The van der Waals surface area contributed by atoms with Gasteiger partial charge in [0.1, 0.15) is 0 Å². The van der Waals surface area contributed by atoms with E-state index in [-0.39, 0.29) is 17.5 Å². The molecule has 0 aromatic carbocycles. The summed E-state index contributed by atoms with van der Waals surface area (Å²) in [6.45, 7) is 9.94. The van der Waals surface area contributed by atoms with Crippen molar-refractivity contribution in [2.75, 3.05) is 13.1 Å². The summed E-state index contributed by atoms with van der Waals surface area (Å²) in [5.41, 5.74) is 5.55. The average Bonchev–Trinajstić information content (AvgIpc) is 2.37. The molecule has 1 unspecified atom stereocenters. The second kappa shape index (κ2) is 6.66. The summed E-state index contributed by atoms with van der Waals surface area (Å²) in [5.74, 6) is 0.453. The van der Waals surface area contributed by atoms with Crippen LogP contribution in [-0.2, 0) is 4.79 Å². The van der Waals surface area contributed by atoms with Gasteiger partial charge in [-0.1, -0.05) is 19.1 Å². The van der Waals surface area contributed by atoms with Crippen LogP contribution in [-0.4, -0.2) is 40.5 Å². The first-order valence-corrected chi connectivity index (χ1v) is 7.53. The molecule has 0 radical (unpaired) electrons. The van der Waals surface area contributed by atoms with E-state index in [0.717, 1.165) is 32.4 Å². The number of hydrogen-bond acceptors (Lipinski definition) is 3. The molecule has 1 rings (SSSR count). The maximum Gasteiger partial charge on any atom is 0.237 e. The number of carbonyl (C=O) groups is 1. The van der Waals surface area contributed by atoms with Gasteiger partial charge in [-0.15, -0.1) is 0 Å². The van der Waals surface area contributed by atoms with Crippen molar-refractivity contribution in [3.05, 3.63) is 0 Å². The molecule has 0 aromatic heterocycles. The molecule has 1 aliphatic rings. The molecule has 0 saturated carbocycles. The summed E-state index contributed by atoms with van der Waals surface area (Å²) >= 11 is 5.04. The Bertz CT molecular complexity index is 336. The highest BCUT2D eigenvalue weighted by atomic mass is 32.1. The molecular weight excluding hydrogens is 258 g/mol. The van der Waals surface area contributed by atoms with Crippen LogP contribution in [0, 0.1) is 5.92 Å². The Morgan fingerprint density at radius 2 is 2.00 bits per heavy atom. The fraction of sp³-hybridized carbons (Fsp3) is 0.857. The van der Waals surface area contributed by atoms with Gasteiger partial charge in [0.15, 0.2) is 0 Å². The number of rotatable bonds is 5. The molecule has 1 fully saturated rings. The molecule has 4 nitrogen and oxygen atoms in total. The maximum absolute atomic E-state index is 12.2. The lowest BCUT2D eigenvalue weighted by Crippen LogP contribution is -2.53. The molecule has 0 spiro atoms. The molecule has 1 saturated heterocycles. The fourth-order valence-corrected chi connectivity index (χ4v) is 2.50. The van der Waals surface area contributed by atoms with E-state index in [9.17, 15) is 4.79 Å². The van der Waals surface area contributed by atoms with Crippen LogP contribution in [0.5, 0.6) is 0 Å². The minimum Gasteiger partial charge on any atom is -0.393 e. The normalized spacial score (nSPS) is 20.0. The third kappa shape index (κ3) is 4.73. The summed E-state index contributed by atoms with van der Waals surface area (Å²) in [6.07, 6.45) is 2.85. The first-order valence-electron chi connectivity index (χ1n) is 7.12. The topological polar surface area (TPSA) is 58.4 Å². The zero-order valence-electron chi connectivity index (χ0n) is 12.5. The van der Waals surface area contributed by atoms with Crippen LogP contribution in [0.15, 0.2) is 0 Å². The molecule has 1 atom stereocenters. The van der Waals surface area contributed by atoms with Crippen molar-refractivity contribution in [1.82, 2.24) is 10.2 Å². The highest BCUT2D eigenvalue weighted by Gasteiger charge is 2.29. The second-order valence-electron chi connectivity index (χ2n) is 6.12. The number of piperidine rings is 1. The molecule has 0 bridgehead atoms. The smallest absolute Gasteiger partial charge is 0.237 e. The van der Waals surface area contributed by atoms with Crippen molar-refractivity contribution in [2.24, 2.45) is 11.7 Å². The number of nitrogens with one attached hydrogen (secondary N) is 1. The molecule has 0 aliphatic carbocycles. The zero-order valence-corrected chi connectivity index (χ0v) is 13.3. The second-order valence-corrected chi connectivity index (χ2v) is 6.59. The van der Waals surface area contributed by atoms with E-state index >= 15 is 0 Å². The highest BCUT2D eigenvalue weighted by molar-refractivity contribution is 7.80. The van der Waals surface area contributed by atoms with Gasteiger partial charge in [0.2, 0.25) is 5.91 Å². The largest absolute Gasteiger partial charge is 0.393 e. The van der Waals surface area contributed by atoms with E-state index in [2.05, 4.69) is 31.0 Å². The molecule has 5 heteroatoms. The van der Waals surface area contributed by atoms with Crippen LogP contribution in [0.4, 0.5) is 0 Å². The lowest BCUT2D eigenvalue weighted by atomic mass is 9.95. The Hall–Kier alpha value is -0.680. The van der Waals surface area contributed by atoms with E-state index in [1.165, 1.54) is 0 Å². The number of nitrogens with zero attached hydrogens (tertiary/aromatic N) is 1. The minimum absolute atomic E-state index is 0.0851. The van der Waals surface area contributed by atoms with Gasteiger partial charge in [0.25, 0.3) is 0 Å². The zero-order chi connectivity index (χ0) is 14.6. The summed E-state index contributed by atoms with van der Waals surface area (Å²) in [7, 11) is 0. The van der Waals surface area contributed by atoms with Crippen LogP contribution in [0.25, 0.3) is 0 Å². The summed E-state index contributed by atoms with van der Waals surface area (Å²) in [6, 6.07) is -0.0851. The summed E-state index contributed by atoms with van der Waals surface area (Å²) in [4.78, 5) is 15.1. The van der Waals surface area contributed by atoms with E-state index < -0.39 is 0 Å². The Kier molecular flexibility index (Phi) is 5.74. The van der Waals surface area contributed by atoms with Gasteiger partial charge in [-0.05, 0) is 53.1 Å². The number of likely N-dealkylation sites (tertiary alicyclic amines) is 1. The quantitative estimate of drug-likeness (QED) is 0.755. The van der Waals surface area contributed by atoms with E-state index in [4.69, 9.17) is 18.0 Å². The van der Waals surface area contributed by atoms with Gasteiger partial charge in [0, 0.05) is 11.5 Å². The lowest BCUT2D eigenvalue weighted by Gasteiger charge is -2.36. The first kappa shape index (κ1) is 16.4. The van der Waals surface area contributed by atoms with Crippen LogP contribution >= 0.6 is 12.2 Å². The molecule has 1 heterocycles. The van der Waals surface area contributed by atoms with Crippen LogP contribution in [0.3, 0.4) is 0 Å². The van der Waals surface area contributed by atoms with Gasteiger partial charge in [0.05, 0.1) is 11.0 Å². The van der Waals surface area contributed by atoms with E-state index in [0.29, 0.717) is 10.9 Å². The van der Waals surface area contributed by atoms with Gasteiger partial charge in [-0.3, -0.25) is 9.69 Å². The minimum atomic E-state index is -0.136. The summed E-state index contributed by atoms with van der Waals surface area (Å²) in [5, 5.41) is 3.11. The number of thiocarbonyl (C=S) groups is 1.